The molecule has 1 rings (SSSR count). The maximum atomic E-state index is 12.0. The lowest BCUT2D eigenvalue weighted by Crippen LogP contribution is -2.32. The van der Waals surface area contributed by atoms with Gasteiger partial charge in [-0.25, -0.2) is 13.1 Å². The molecule has 0 aliphatic heterocycles. The molecule has 0 amide bonds. The van der Waals surface area contributed by atoms with Gasteiger partial charge in [0.15, 0.2) is 0 Å². The van der Waals surface area contributed by atoms with Gasteiger partial charge < -0.3 is 5.11 Å². The van der Waals surface area contributed by atoms with E-state index in [1.54, 1.807) is 31.2 Å². The van der Waals surface area contributed by atoms with Crippen LogP contribution in [0.15, 0.2) is 29.2 Å². The van der Waals surface area contributed by atoms with Crippen LogP contribution >= 0.6 is 15.9 Å². The SMILES string of the molecule is CC(CCCO)NS(=O)(=O)c1ccc(CBr)cc1. The summed E-state index contributed by atoms with van der Waals surface area (Å²) in [7, 11) is -3.46. The van der Waals surface area contributed by atoms with E-state index in [4.69, 9.17) is 5.11 Å². The van der Waals surface area contributed by atoms with Crippen molar-refractivity contribution in [3.63, 3.8) is 0 Å². The molecule has 0 radical (unpaired) electrons. The molecule has 6 heteroatoms. The zero-order valence-corrected chi connectivity index (χ0v) is 12.7. The summed E-state index contributed by atoms with van der Waals surface area (Å²) < 4.78 is 26.6. The lowest BCUT2D eigenvalue weighted by molar-refractivity contribution is 0.279. The standard InChI is InChI=1S/C12H18BrNO3S/c1-10(3-2-8-15)14-18(16,17)12-6-4-11(9-13)5-7-12/h4-7,10,14-15H,2-3,8-9H2,1H3. The average molecular weight is 336 g/mol. The largest absolute Gasteiger partial charge is 0.396 e. The second-order valence-electron chi connectivity index (χ2n) is 4.17. The molecule has 1 aromatic carbocycles. The third kappa shape index (κ3) is 4.68. The maximum absolute atomic E-state index is 12.0. The second kappa shape index (κ2) is 7.23. The minimum absolute atomic E-state index is 0.0754. The van der Waals surface area contributed by atoms with E-state index < -0.39 is 10.0 Å². The third-order valence-corrected chi connectivity index (χ3v) is 4.79. The van der Waals surface area contributed by atoms with Crippen molar-refractivity contribution in [3.8, 4) is 0 Å². The van der Waals surface area contributed by atoms with Crippen molar-refractivity contribution in [2.24, 2.45) is 0 Å². The fraction of sp³-hybridized carbons (Fsp3) is 0.500. The molecule has 0 fully saturated rings. The van der Waals surface area contributed by atoms with Crippen LogP contribution in [0, 0.1) is 0 Å². The van der Waals surface area contributed by atoms with Crippen LogP contribution in [0.1, 0.15) is 25.3 Å². The minimum Gasteiger partial charge on any atom is -0.396 e. The highest BCUT2D eigenvalue weighted by Gasteiger charge is 2.16. The van der Waals surface area contributed by atoms with Crippen molar-refractivity contribution in [1.82, 2.24) is 4.72 Å². The number of aliphatic hydroxyl groups excluding tert-OH is 1. The van der Waals surface area contributed by atoms with Gasteiger partial charge in [-0.15, -0.1) is 0 Å². The van der Waals surface area contributed by atoms with Crippen molar-refractivity contribution >= 4 is 26.0 Å². The minimum atomic E-state index is -3.46. The lowest BCUT2D eigenvalue weighted by atomic mass is 10.2. The van der Waals surface area contributed by atoms with Crippen LogP contribution in [0.2, 0.25) is 0 Å². The number of alkyl halides is 1. The summed E-state index contributed by atoms with van der Waals surface area (Å²) in [4.78, 5) is 0.267. The molecule has 4 nitrogen and oxygen atoms in total. The molecule has 2 N–H and O–H groups in total. The summed E-state index contributed by atoms with van der Waals surface area (Å²) in [5.41, 5.74) is 1.03. The number of sulfonamides is 1. The van der Waals surface area contributed by atoms with Gasteiger partial charge in [-0.2, -0.15) is 0 Å². The molecule has 0 bridgehead atoms. The molecule has 0 saturated heterocycles. The first-order valence-corrected chi connectivity index (χ1v) is 8.38. The van der Waals surface area contributed by atoms with Gasteiger partial charge in [-0.3, -0.25) is 0 Å². The van der Waals surface area contributed by atoms with Crippen LogP contribution in [0.3, 0.4) is 0 Å². The molecule has 0 heterocycles. The predicted molar refractivity (Wildman–Crippen MR) is 75.2 cm³/mol. The summed E-state index contributed by atoms with van der Waals surface area (Å²) in [6, 6.07) is 6.57. The molecule has 1 atom stereocenters. The highest BCUT2D eigenvalue weighted by atomic mass is 79.9. The highest BCUT2D eigenvalue weighted by Crippen LogP contribution is 2.13. The van der Waals surface area contributed by atoms with E-state index in [0.29, 0.717) is 18.2 Å². The molecular formula is C12H18BrNO3S. The molecular weight excluding hydrogens is 318 g/mol. The topological polar surface area (TPSA) is 66.4 Å². The summed E-state index contributed by atoms with van der Waals surface area (Å²) >= 11 is 3.31. The van der Waals surface area contributed by atoms with E-state index in [-0.39, 0.29) is 17.5 Å². The summed E-state index contributed by atoms with van der Waals surface area (Å²) in [6.45, 7) is 1.87. The quantitative estimate of drug-likeness (QED) is 0.749. The molecule has 1 unspecified atom stereocenters. The van der Waals surface area contributed by atoms with E-state index >= 15 is 0 Å². The normalized spacial score (nSPS) is 13.5. The van der Waals surface area contributed by atoms with Crippen molar-refractivity contribution in [3.05, 3.63) is 29.8 Å². The van der Waals surface area contributed by atoms with Crippen LogP contribution in [0.25, 0.3) is 0 Å². The average Bonchev–Trinajstić information content (AvgIpc) is 2.36. The number of nitrogens with one attached hydrogen (secondary N) is 1. The van der Waals surface area contributed by atoms with E-state index in [1.807, 2.05) is 0 Å². The van der Waals surface area contributed by atoms with Crippen molar-refractivity contribution in [2.75, 3.05) is 6.61 Å². The first-order valence-electron chi connectivity index (χ1n) is 5.77. The molecule has 0 spiro atoms. The third-order valence-electron chi connectivity index (χ3n) is 2.54. The van der Waals surface area contributed by atoms with Crippen molar-refractivity contribution < 1.29 is 13.5 Å². The van der Waals surface area contributed by atoms with Crippen LogP contribution < -0.4 is 4.72 Å². The van der Waals surface area contributed by atoms with Gasteiger partial charge in [-0.05, 0) is 37.5 Å². The number of hydrogen-bond donors (Lipinski definition) is 2. The Hall–Kier alpha value is -0.430. The molecule has 1 aromatic rings. The Kier molecular flexibility index (Phi) is 6.28. The van der Waals surface area contributed by atoms with Crippen LogP contribution in [-0.4, -0.2) is 26.2 Å². The molecule has 0 aromatic heterocycles. The summed E-state index contributed by atoms with van der Waals surface area (Å²) in [6.07, 6.45) is 1.21. The molecule has 18 heavy (non-hydrogen) atoms. The first-order chi connectivity index (χ1) is 8.49. The van der Waals surface area contributed by atoms with E-state index in [9.17, 15) is 8.42 Å². The van der Waals surface area contributed by atoms with Crippen molar-refractivity contribution in [1.29, 1.82) is 0 Å². The zero-order valence-electron chi connectivity index (χ0n) is 10.3. The number of hydrogen-bond acceptors (Lipinski definition) is 3. The maximum Gasteiger partial charge on any atom is 0.240 e. The molecule has 0 aliphatic rings. The fourth-order valence-electron chi connectivity index (χ4n) is 1.55. The van der Waals surface area contributed by atoms with Gasteiger partial charge in [0.2, 0.25) is 10.0 Å². The van der Waals surface area contributed by atoms with E-state index in [1.165, 1.54) is 0 Å². The number of aliphatic hydroxyl groups is 1. The van der Waals surface area contributed by atoms with Gasteiger partial charge in [0.1, 0.15) is 0 Å². The van der Waals surface area contributed by atoms with Crippen LogP contribution in [0.5, 0.6) is 0 Å². The van der Waals surface area contributed by atoms with Crippen LogP contribution in [0.4, 0.5) is 0 Å². The monoisotopic (exact) mass is 335 g/mol. The molecule has 102 valence electrons. The Balaban J connectivity index is 2.73. The molecule has 0 aliphatic carbocycles. The van der Waals surface area contributed by atoms with Gasteiger partial charge in [-0.1, -0.05) is 28.1 Å². The van der Waals surface area contributed by atoms with E-state index in [0.717, 1.165) is 5.56 Å². The Morgan fingerprint density at radius 3 is 2.44 bits per heavy atom. The number of benzene rings is 1. The summed E-state index contributed by atoms with van der Waals surface area (Å²) in [5.74, 6) is 0. The van der Waals surface area contributed by atoms with Crippen LogP contribution in [-0.2, 0) is 15.4 Å². The zero-order chi connectivity index (χ0) is 13.6. The number of rotatable bonds is 7. The predicted octanol–water partition coefficient (Wildman–Crippen LogP) is 2.02. The van der Waals surface area contributed by atoms with Gasteiger partial charge >= 0.3 is 0 Å². The smallest absolute Gasteiger partial charge is 0.240 e. The van der Waals surface area contributed by atoms with Crippen molar-refractivity contribution in [2.45, 2.75) is 36.0 Å². The molecule has 0 saturated carbocycles. The van der Waals surface area contributed by atoms with Gasteiger partial charge in [0, 0.05) is 18.0 Å². The van der Waals surface area contributed by atoms with E-state index in [2.05, 4.69) is 20.7 Å². The van der Waals surface area contributed by atoms with Gasteiger partial charge in [0.25, 0.3) is 0 Å². The number of halogens is 1. The Bertz CT molecular complexity index is 459. The Morgan fingerprint density at radius 2 is 1.94 bits per heavy atom. The highest BCUT2D eigenvalue weighted by molar-refractivity contribution is 9.08. The lowest BCUT2D eigenvalue weighted by Gasteiger charge is -2.13. The Labute approximate surface area is 117 Å². The fourth-order valence-corrected chi connectivity index (χ4v) is 3.20. The summed E-state index contributed by atoms with van der Waals surface area (Å²) in [5, 5.41) is 9.41. The van der Waals surface area contributed by atoms with Gasteiger partial charge in [0.05, 0.1) is 4.90 Å². The first kappa shape index (κ1) is 15.6. The second-order valence-corrected chi connectivity index (χ2v) is 6.44. The Morgan fingerprint density at radius 1 is 1.33 bits per heavy atom.